The summed E-state index contributed by atoms with van der Waals surface area (Å²) in [6, 6.07) is 7.39. The normalized spacial score (nSPS) is 11.5. The summed E-state index contributed by atoms with van der Waals surface area (Å²) in [4.78, 5) is 30.0. The third kappa shape index (κ3) is 2.08. The Morgan fingerprint density at radius 2 is 1.86 bits per heavy atom. The highest BCUT2D eigenvalue weighted by Crippen LogP contribution is 2.33. The lowest BCUT2D eigenvalue weighted by atomic mass is 10.1. The van der Waals surface area contributed by atoms with Crippen molar-refractivity contribution in [3.63, 3.8) is 0 Å². The van der Waals surface area contributed by atoms with Crippen LogP contribution >= 0.6 is 38.6 Å². The molecular weight excluding hydrogens is 372 g/mol. The van der Waals surface area contributed by atoms with Gasteiger partial charge in [0.25, 0.3) is 0 Å². The van der Waals surface area contributed by atoms with Gasteiger partial charge < -0.3 is 9.97 Å². The van der Waals surface area contributed by atoms with Crippen molar-refractivity contribution in [1.82, 2.24) is 9.97 Å². The fourth-order valence-corrected chi connectivity index (χ4v) is 4.83. The van der Waals surface area contributed by atoms with Crippen molar-refractivity contribution in [2.24, 2.45) is 0 Å². The van der Waals surface area contributed by atoms with Crippen LogP contribution in [0.4, 0.5) is 0 Å². The predicted octanol–water partition coefficient (Wildman–Crippen LogP) is 4.13. The monoisotopic (exact) mass is 378 g/mol. The molecule has 0 aliphatic carbocycles. The largest absolute Gasteiger partial charge is 0.323 e. The van der Waals surface area contributed by atoms with Crippen molar-refractivity contribution in [2.45, 2.75) is 0 Å². The van der Waals surface area contributed by atoms with E-state index in [-0.39, 0.29) is 11.5 Å². The number of aromatic amines is 2. The van der Waals surface area contributed by atoms with Gasteiger partial charge in [-0.1, -0.05) is 0 Å². The summed E-state index contributed by atoms with van der Waals surface area (Å²) in [6.07, 6.45) is 0. The lowest BCUT2D eigenvalue weighted by Crippen LogP contribution is -2.00. The summed E-state index contributed by atoms with van der Waals surface area (Å²) in [5, 5.41) is 2.02. The van der Waals surface area contributed by atoms with Gasteiger partial charge in [0.05, 0.1) is 15.9 Å². The Kier molecular flexibility index (Phi) is 2.88. The zero-order valence-electron chi connectivity index (χ0n) is 10.4. The van der Waals surface area contributed by atoms with Crippen LogP contribution in [-0.4, -0.2) is 15.8 Å². The van der Waals surface area contributed by atoms with E-state index in [0.29, 0.717) is 25.9 Å². The van der Waals surface area contributed by atoms with Crippen molar-refractivity contribution < 1.29 is 4.79 Å². The van der Waals surface area contributed by atoms with Crippen LogP contribution in [0, 0.1) is 0 Å². The van der Waals surface area contributed by atoms with Gasteiger partial charge in [-0.05, 0) is 45.6 Å². The number of rotatable bonds is 2. The van der Waals surface area contributed by atoms with E-state index < -0.39 is 0 Å². The fourth-order valence-electron chi connectivity index (χ4n) is 2.24. The molecule has 4 nitrogen and oxygen atoms in total. The molecule has 0 amide bonds. The third-order valence-corrected chi connectivity index (χ3v) is 5.96. The molecule has 0 aliphatic rings. The average molecular weight is 379 g/mol. The van der Waals surface area contributed by atoms with Crippen molar-refractivity contribution in [1.29, 1.82) is 0 Å². The van der Waals surface area contributed by atoms with Gasteiger partial charge in [0, 0.05) is 19.4 Å². The number of ketones is 1. The van der Waals surface area contributed by atoms with E-state index >= 15 is 0 Å². The second-order valence-electron chi connectivity index (χ2n) is 4.55. The molecule has 4 aromatic rings. The maximum Gasteiger partial charge on any atom is 0.323 e. The summed E-state index contributed by atoms with van der Waals surface area (Å²) >= 11 is 6.52. The first kappa shape index (κ1) is 13.0. The van der Waals surface area contributed by atoms with E-state index in [9.17, 15) is 9.59 Å². The van der Waals surface area contributed by atoms with Gasteiger partial charge in [-0.15, -0.1) is 22.7 Å². The van der Waals surface area contributed by atoms with Gasteiger partial charge >= 0.3 is 5.69 Å². The van der Waals surface area contributed by atoms with E-state index in [1.54, 1.807) is 23.5 Å². The fraction of sp³-hybridized carbons (Fsp3) is 0. The second kappa shape index (κ2) is 4.66. The van der Waals surface area contributed by atoms with Gasteiger partial charge in [-0.3, -0.25) is 4.79 Å². The highest BCUT2D eigenvalue weighted by atomic mass is 79.9. The molecule has 2 N–H and O–H groups in total. The van der Waals surface area contributed by atoms with E-state index in [0.717, 1.165) is 9.40 Å². The van der Waals surface area contributed by atoms with Crippen LogP contribution in [0.1, 0.15) is 15.2 Å². The van der Waals surface area contributed by atoms with Gasteiger partial charge in [0.2, 0.25) is 5.78 Å². The number of carbonyl (C=O) groups is 1. The number of hydrogen-bond donors (Lipinski definition) is 2. The van der Waals surface area contributed by atoms with Crippen LogP contribution in [-0.2, 0) is 0 Å². The SMILES string of the molecule is O=C(c1cc2sccc2s1)c1cc2[nH]c(=O)[nH]c2cc1Br. The van der Waals surface area contributed by atoms with E-state index in [1.165, 1.54) is 11.3 Å². The van der Waals surface area contributed by atoms with E-state index in [2.05, 4.69) is 25.9 Å². The zero-order chi connectivity index (χ0) is 14.6. The topological polar surface area (TPSA) is 65.7 Å². The Morgan fingerprint density at radius 1 is 1.10 bits per heavy atom. The first-order valence-electron chi connectivity index (χ1n) is 6.05. The van der Waals surface area contributed by atoms with Crippen LogP contribution < -0.4 is 5.69 Å². The molecule has 0 saturated carbocycles. The summed E-state index contributed by atoms with van der Waals surface area (Å²) in [5.41, 5.74) is 1.57. The minimum absolute atomic E-state index is 0.0424. The lowest BCUT2D eigenvalue weighted by Gasteiger charge is -2.02. The molecule has 0 fully saturated rings. The number of benzene rings is 1. The first-order valence-corrected chi connectivity index (χ1v) is 8.54. The third-order valence-electron chi connectivity index (χ3n) is 3.21. The number of imidazole rings is 1. The number of H-pyrrole nitrogens is 2. The molecule has 7 heteroatoms. The molecule has 0 radical (unpaired) electrons. The van der Waals surface area contributed by atoms with Gasteiger partial charge in [0.15, 0.2) is 0 Å². The van der Waals surface area contributed by atoms with Crippen LogP contribution in [0.3, 0.4) is 0 Å². The van der Waals surface area contributed by atoms with Gasteiger partial charge in [-0.25, -0.2) is 4.79 Å². The smallest absolute Gasteiger partial charge is 0.306 e. The van der Waals surface area contributed by atoms with Crippen molar-refractivity contribution in [3.05, 3.63) is 55.0 Å². The number of thiophene rings is 2. The van der Waals surface area contributed by atoms with Crippen LogP contribution in [0.15, 0.2) is 38.9 Å². The highest BCUT2D eigenvalue weighted by molar-refractivity contribution is 9.10. The zero-order valence-corrected chi connectivity index (χ0v) is 13.6. The number of halogens is 1. The maximum absolute atomic E-state index is 12.7. The molecule has 0 saturated heterocycles. The van der Waals surface area contributed by atoms with E-state index in [1.807, 2.05) is 17.5 Å². The Morgan fingerprint density at radius 3 is 2.62 bits per heavy atom. The Balaban J connectivity index is 1.88. The van der Waals surface area contributed by atoms with E-state index in [4.69, 9.17) is 0 Å². The molecular formula is C14H7BrN2O2S2. The average Bonchev–Trinajstić information content (AvgIpc) is 3.09. The molecule has 0 aliphatic heterocycles. The maximum atomic E-state index is 12.7. The van der Waals surface area contributed by atoms with Gasteiger partial charge in [0.1, 0.15) is 0 Å². The number of aromatic nitrogens is 2. The number of nitrogens with one attached hydrogen (secondary N) is 2. The van der Waals surface area contributed by atoms with Crippen molar-refractivity contribution in [2.75, 3.05) is 0 Å². The second-order valence-corrected chi connectivity index (χ2v) is 7.43. The summed E-state index contributed by atoms with van der Waals surface area (Å²) in [6.45, 7) is 0. The Hall–Kier alpha value is -1.70. The quantitative estimate of drug-likeness (QED) is 0.515. The lowest BCUT2D eigenvalue weighted by molar-refractivity contribution is 0.104. The van der Waals surface area contributed by atoms with Crippen molar-refractivity contribution >= 4 is 64.8 Å². The van der Waals surface area contributed by atoms with Crippen LogP contribution in [0.2, 0.25) is 0 Å². The van der Waals surface area contributed by atoms with Crippen LogP contribution in [0.25, 0.3) is 20.4 Å². The van der Waals surface area contributed by atoms with Crippen molar-refractivity contribution in [3.8, 4) is 0 Å². The minimum atomic E-state index is -0.280. The molecule has 21 heavy (non-hydrogen) atoms. The molecule has 0 atom stereocenters. The molecule has 1 aromatic carbocycles. The summed E-state index contributed by atoms with van der Waals surface area (Å²) in [5.74, 6) is -0.0424. The molecule has 104 valence electrons. The number of hydrogen-bond acceptors (Lipinski definition) is 4. The molecule has 0 unspecified atom stereocenters. The molecule has 3 heterocycles. The molecule has 3 aromatic heterocycles. The molecule has 0 bridgehead atoms. The Bertz CT molecular complexity index is 1030. The first-order chi connectivity index (χ1) is 10.1. The minimum Gasteiger partial charge on any atom is -0.306 e. The summed E-state index contributed by atoms with van der Waals surface area (Å²) in [7, 11) is 0. The standard InChI is InChI=1S/C14H7BrN2O2S2/c15-7-4-9-8(16-14(19)17-9)3-6(7)13(18)12-5-11-10(21-12)1-2-20-11/h1-5H,(H2,16,17,19). The van der Waals surface area contributed by atoms with Crippen LogP contribution in [0.5, 0.6) is 0 Å². The Labute approximate surface area is 134 Å². The molecule has 0 spiro atoms. The number of carbonyl (C=O) groups excluding carboxylic acids is 1. The highest BCUT2D eigenvalue weighted by Gasteiger charge is 2.17. The predicted molar refractivity (Wildman–Crippen MR) is 89.8 cm³/mol. The summed E-state index contributed by atoms with van der Waals surface area (Å²) < 4.78 is 2.92. The molecule has 4 rings (SSSR count). The number of fused-ring (bicyclic) bond motifs is 2. The van der Waals surface area contributed by atoms with Gasteiger partial charge in [-0.2, -0.15) is 0 Å².